The van der Waals surface area contributed by atoms with Gasteiger partial charge in [-0.15, -0.1) is 117 Å². The third kappa shape index (κ3) is 5.41. The Labute approximate surface area is 184 Å². The van der Waals surface area contributed by atoms with Crippen LogP contribution in [0, 0.1) is 0 Å². The summed E-state index contributed by atoms with van der Waals surface area (Å²) in [6.07, 6.45) is 3.35. The molecule has 0 aromatic carbocycles. The minimum Gasteiger partial charge on any atom is -0.123 e. The van der Waals surface area contributed by atoms with Gasteiger partial charge in [0, 0.05) is 16.1 Å². The van der Waals surface area contributed by atoms with Gasteiger partial charge in [0.2, 0.25) is 0 Å². The molecule has 4 aliphatic heterocycles. The SMILES string of the molecule is CCC(Cl)CC(Cl)CC(Cl)CC(Cl)C12SC3SC(SC(S3)S1)S2. The first-order chi connectivity index (χ1) is 10.9. The molecule has 4 heterocycles. The Morgan fingerprint density at radius 2 is 1.17 bits per heavy atom. The molecule has 4 atom stereocenters. The van der Waals surface area contributed by atoms with Crippen LogP contribution in [0.4, 0.5) is 0 Å². The van der Waals surface area contributed by atoms with Crippen LogP contribution in [0.1, 0.15) is 32.6 Å². The normalized spacial score (nSPS) is 40.8. The fraction of sp³-hybridized carbons (Fsp3) is 1.00. The third-order valence-electron chi connectivity index (χ3n) is 3.76. The molecule has 10 heteroatoms. The summed E-state index contributed by atoms with van der Waals surface area (Å²) >= 11 is 38.4. The third-order valence-corrected chi connectivity index (χ3v) is 17.1. The molecule has 0 radical (unpaired) electrons. The van der Waals surface area contributed by atoms with E-state index in [2.05, 4.69) is 42.2 Å². The number of hydrogen-bond acceptors (Lipinski definition) is 6. The van der Waals surface area contributed by atoms with Crippen LogP contribution < -0.4 is 0 Å². The molecule has 0 aromatic rings. The molecule has 0 amide bonds. The van der Waals surface area contributed by atoms with Gasteiger partial charge in [0.25, 0.3) is 0 Å². The number of hydrogen-bond donors (Lipinski definition) is 0. The molecule has 0 aromatic heterocycles. The van der Waals surface area contributed by atoms with Gasteiger partial charge in [-0.3, -0.25) is 0 Å². The minimum absolute atomic E-state index is 0.0171. The highest BCUT2D eigenvalue weighted by Crippen LogP contribution is 2.78. The zero-order chi connectivity index (χ0) is 16.6. The molecule has 0 nitrogen and oxygen atoms in total. The fourth-order valence-electron chi connectivity index (χ4n) is 2.53. The molecule has 4 saturated heterocycles. The quantitative estimate of drug-likeness (QED) is 0.303. The van der Waals surface area contributed by atoms with Gasteiger partial charge in [0.05, 0.1) is 5.38 Å². The highest BCUT2D eigenvalue weighted by atomic mass is 35.5. The second kappa shape index (κ2) is 9.17. The second-order valence-corrected chi connectivity index (χ2v) is 19.1. The van der Waals surface area contributed by atoms with Crippen LogP contribution >= 0.6 is 117 Å². The van der Waals surface area contributed by atoms with Crippen LogP contribution in [0.3, 0.4) is 0 Å². The first kappa shape index (κ1) is 21.0. The summed E-state index contributed by atoms with van der Waals surface area (Å²) in [6, 6.07) is 0. The average molecular weight is 509 g/mol. The molecular weight excluding hydrogens is 490 g/mol. The van der Waals surface area contributed by atoms with Crippen LogP contribution in [-0.2, 0) is 0 Å². The van der Waals surface area contributed by atoms with Crippen molar-refractivity contribution in [3.63, 3.8) is 0 Å². The Bertz CT molecular complexity index is 379. The molecule has 4 bridgehead atoms. The van der Waals surface area contributed by atoms with E-state index in [0.717, 1.165) is 25.7 Å². The monoisotopic (exact) mass is 506 g/mol. The van der Waals surface area contributed by atoms with Crippen molar-refractivity contribution in [2.75, 3.05) is 0 Å². The fourth-order valence-corrected chi connectivity index (χ4v) is 22.6. The molecule has 0 N–H and O–H groups in total. The van der Waals surface area contributed by atoms with Crippen LogP contribution in [0.15, 0.2) is 0 Å². The maximum Gasteiger partial charge on any atom is 0.128 e. The van der Waals surface area contributed by atoms with Crippen molar-refractivity contribution in [1.82, 2.24) is 0 Å². The first-order valence-electron chi connectivity index (χ1n) is 7.46. The number of halogens is 4. The van der Waals surface area contributed by atoms with Crippen molar-refractivity contribution in [2.24, 2.45) is 0 Å². The van der Waals surface area contributed by atoms with Crippen molar-refractivity contribution < 1.29 is 0 Å². The van der Waals surface area contributed by atoms with E-state index in [1.807, 2.05) is 35.3 Å². The standard InChI is InChI=1S/C13H18Cl4S6/c1-2-6(14)3-7(15)4-8(16)5-9(17)13-21-10-18-11(22-13)20-12(19-10)23-13/h6-12H,2-5H2,1H3. The summed E-state index contributed by atoms with van der Waals surface area (Å²) in [6.45, 7) is 2.08. The Balaban J connectivity index is 1.51. The summed E-state index contributed by atoms with van der Waals surface area (Å²) < 4.78 is 1.96. The minimum atomic E-state index is 0.0171. The molecule has 4 rings (SSSR count). The predicted octanol–water partition coefficient (Wildman–Crippen LogP) is 7.94. The lowest BCUT2D eigenvalue weighted by Gasteiger charge is -2.54. The van der Waals surface area contributed by atoms with E-state index in [-0.39, 0.29) is 24.9 Å². The molecule has 0 aliphatic carbocycles. The van der Waals surface area contributed by atoms with Crippen LogP contribution in [0.2, 0.25) is 0 Å². The van der Waals surface area contributed by atoms with Gasteiger partial charge in [0.1, 0.15) is 15.2 Å². The lowest BCUT2D eigenvalue weighted by molar-refractivity contribution is 0.599. The van der Waals surface area contributed by atoms with E-state index >= 15 is 0 Å². The predicted molar refractivity (Wildman–Crippen MR) is 122 cm³/mol. The Morgan fingerprint density at radius 3 is 1.65 bits per heavy atom. The van der Waals surface area contributed by atoms with E-state index < -0.39 is 0 Å². The van der Waals surface area contributed by atoms with Crippen molar-refractivity contribution in [2.45, 2.75) is 69.3 Å². The molecular formula is C13H18Cl4S6. The van der Waals surface area contributed by atoms with Crippen molar-refractivity contribution in [1.29, 1.82) is 0 Å². The second-order valence-electron chi connectivity index (χ2n) is 5.61. The van der Waals surface area contributed by atoms with E-state index in [0.29, 0.717) is 11.7 Å². The average Bonchev–Trinajstić information content (AvgIpc) is 2.45. The molecule has 4 aliphatic rings. The Morgan fingerprint density at radius 1 is 0.739 bits per heavy atom. The summed E-state index contributed by atoms with van der Waals surface area (Å²) in [5, 5.41) is 0.268. The largest absolute Gasteiger partial charge is 0.128 e. The number of rotatable bonds is 8. The lowest BCUT2D eigenvalue weighted by Crippen LogP contribution is -2.43. The summed E-state index contributed by atoms with van der Waals surface area (Å²) in [5.41, 5.74) is 0. The highest BCUT2D eigenvalue weighted by molar-refractivity contribution is 8.63. The first-order valence-corrected chi connectivity index (χ1v) is 14.7. The molecule has 4 fully saturated rings. The molecule has 23 heavy (non-hydrogen) atoms. The molecule has 4 unspecified atom stereocenters. The van der Waals surface area contributed by atoms with E-state index in [1.54, 1.807) is 0 Å². The van der Waals surface area contributed by atoms with E-state index in [4.69, 9.17) is 46.4 Å². The zero-order valence-electron chi connectivity index (χ0n) is 12.3. The van der Waals surface area contributed by atoms with Gasteiger partial charge >= 0.3 is 0 Å². The lowest BCUT2D eigenvalue weighted by atomic mass is 10.1. The molecule has 0 saturated carbocycles. The topological polar surface area (TPSA) is 0 Å². The van der Waals surface area contributed by atoms with Gasteiger partial charge in [-0.05, 0) is 25.7 Å². The summed E-state index contributed by atoms with van der Waals surface area (Å²) in [4.78, 5) is 0. The van der Waals surface area contributed by atoms with Crippen LogP contribution in [0.25, 0.3) is 0 Å². The van der Waals surface area contributed by atoms with Gasteiger partial charge in [-0.1, -0.05) is 6.92 Å². The Kier molecular flexibility index (Phi) is 8.37. The van der Waals surface area contributed by atoms with E-state index in [9.17, 15) is 0 Å². The summed E-state index contributed by atoms with van der Waals surface area (Å²) in [7, 11) is 0. The van der Waals surface area contributed by atoms with Gasteiger partial charge in [-0.2, -0.15) is 0 Å². The van der Waals surface area contributed by atoms with Crippen molar-refractivity contribution >= 4 is 117 Å². The van der Waals surface area contributed by atoms with E-state index in [1.165, 1.54) is 0 Å². The summed E-state index contributed by atoms with van der Waals surface area (Å²) in [5.74, 6) is 0. The van der Waals surface area contributed by atoms with Gasteiger partial charge in [0.15, 0.2) is 0 Å². The zero-order valence-corrected chi connectivity index (χ0v) is 20.3. The maximum atomic E-state index is 6.87. The van der Waals surface area contributed by atoms with Crippen LogP contribution in [-0.4, -0.2) is 36.7 Å². The smallest absolute Gasteiger partial charge is 0.123 e. The van der Waals surface area contributed by atoms with Crippen molar-refractivity contribution in [3.8, 4) is 0 Å². The van der Waals surface area contributed by atoms with Gasteiger partial charge < -0.3 is 0 Å². The number of thioether (sulfide) groups is 6. The van der Waals surface area contributed by atoms with Crippen LogP contribution in [0.5, 0.6) is 0 Å². The molecule has 0 spiro atoms. The van der Waals surface area contributed by atoms with Gasteiger partial charge in [-0.25, -0.2) is 0 Å². The van der Waals surface area contributed by atoms with Crippen molar-refractivity contribution in [3.05, 3.63) is 0 Å². The highest BCUT2D eigenvalue weighted by Gasteiger charge is 2.58. The Hall–Kier alpha value is 3.26. The maximum absolute atomic E-state index is 6.87. The number of alkyl halides is 4. The molecule has 134 valence electrons.